The summed E-state index contributed by atoms with van der Waals surface area (Å²) >= 11 is 0. The van der Waals surface area contributed by atoms with E-state index >= 15 is 0 Å². The van der Waals surface area contributed by atoms with Gasteiger partial charge in [-0.15, -0.1) is 0 Å². The molecule has 0 bridgehead atoms. The lowest BCUT2D eigenvalue weighted by molar-refractivity contribution is 0.136. The summed E-state index contributed by atoms with van der Waals surface area (Å²) in [6.07, 6.45) is 1.59. The number of hydrogen-bond donors (Lipinski definition) is 4. The Labute approximate surface area is 130 Å². The summed E-state index contributed by atoms with van der Waals surface area (Å²) in [5.74, 6) is 0. The first kappa shape index (κ1) is 20.7. The van der Waals surface area contributed by atoms with Gasteiger partial charge in [-0.2, -0.15) is 8.42 Å². The van der Waals surface area contributed by atoms with Gasteiger partial charge in [-0.1, -0.05) is 24.8 Å². The van der Waals surface area contributed by atoms with E-state index in [1.807, 2.05) is 0 Å². The van der Waals surface area contributed by atoms with Gasteiger partial charge in [0.2, 0.25) is 0 Å². The lowest BCUT2D eigenvalue weighted by Crippen LogP contribution is -2.32. The third-order valence-electron chi connectivity index (χ3n) is 2.66. The molecule has 0 unspecified atom stereocenters. The van der Waals surface area contributed by atoms with Crippen LogP contribution in [0.25, 0.3) is 6.08 Å². The molecule has 126 valence electrons. The molecule has 8 heteroatoms. The Morgan fingerprint density at radius 3 is 1.64 bits per heavy atom. The Morgan fingerprint density at radius 2 is 1.36 bits per heavy atom. The van der Waals surface area contributed by atoms with E-state index in [9.17, 15) is 8.42 Å². The topological polar surface area (TPSA) is 118 Å². The van der Waals surface area contributed by atoms with Crippen molar-refractivity contribution in [2.75, 3.05) is 39.5 Å². The Balaban J connectivity index is 0.000000409. The van der Waals surface area contributed by atoms with Gasteiger partial charge < -0.3 is 15.3 Å². The molecular weight excluding hydrogens is 310 g/mol. The quantitative estimate of drug-likeness (QED) is 0.488. The molecule has 22 heavy (non-hydrogen) atoms. The van der Waals surface area contributed by atoms with E-state index in [2.05, 4.69) is 6.58 Å². The largest absolute Gasteiger partial charge is 0.395 e. The molecule has 0 aliphatic rings. The molecule has 0 atom stereocenters. The van der Waals surface area contributed by atoms with Crippen molar-refractivity contribution in [1.82, 2.24) is 4.90 Å². The summed E-state index contributed by atoms with van der Waals surface area (Å²) in [6.45, 7) is 5.26. The van der Waals surface area contributed by atoms with Crippen LogP contribution in [-0.2, 0) is 10.1 Å². The van der Waals surface area contributed by atoms with Crippen molar-refractivity contribution in [3.8, 4) is 0 Å². The van der Waals surface area contributed by atoms with Gasteiger partial charge in [0, 0.05) is 19.6 Å². The maximum absolute atomic E-state index is 10.6. The van der Waals surface area contributed by atoms with Gasteiger partial charge in [-0.25, -0.2) is 0 Å². The first-order valence-electron chi connectivity index (χ1n) is 6.64. The minimum atomic E-state index is -4.06. The molecule has 0 fully saturated rings. The van der Waals surface area contributed by atoms with E-state index < -0.39 is 10.1 Å². The van der Waals surface area contributed by atoms with Crippen molar-refractivity contribution in [2.24, 2.45) is 0 Å². The highest BCUT2D eigenvalue weighted by Crippen LogP contribution is 2.10. The fourth-order valence-corrected chi connectivity index (χ4v) is 2.02. The van der Waals surface area contributed by atoms with E-state index in [0.717, 1.165) is 5.56 Å². The van der Waals surface area contributed by atoms with Crippen molar-refractivity contribution in [2.45, 2.75) is 4.90 Å². The Hall–Kier alpha value is -1.29. The Morgan fingerprint density at radius 1 is 0.955 bits per heavy atom. The first-order chi connectivity index (χ1) is 10.4. The second-order valence-electron chi connectivity index (χ2n) is 4.26. The molecule has 0 saturated carbocycles. The van der Waals surface area contributed by atoms with Gasteiger partial charge in [0.1, 0.15) is 0 Å². The zero-order valence-electron chi connectivity index (χ0n) is 12.3. The first-order valence-corrected chi connectivity index (χ1v) is 8.08. The molecule has 0 aliphatic carbocycles. The second-order valence-corrected chi connectivity index (χ2v) is 5.68. The maximum atomic E-state index is 10.6. The maximum Gasteiger partial charge on any atom is 0.294 e. The molecule has 0 spiro atoms. The third-order valence-corrected chi connectivity index (χ3v) is 3.53. The van der Waals surface area contributed by atoms with E-state index in [1.54, 1.807) is 23.1 Å². The van der Waals surface area contributed by atoms with Crippen molar-refractivity contribution in [3.05, 3.63) is 36.4 Å². The van der Waals surface area contributed by atoms with Crippen LogP contribution in [0.3, 0.4) is 0 Å². The number of aliphatic hydroxyl groups is 3. The SMILES string of the molecule is C=Cc1ccc(S(=O)(=O)O)cc1.OCCN(CCO)CCO. The van der Waals surface area contributed by atoms with Crippen LogP contribution in [0.5, 0.6) is 0 Å². The molecule has 4 N–H and O–H groups in total. The van der Waals surface area contributed by atoms with Crippen LogP contribution in [0.1, 0.15) is 5.56 Å². The molecule has 0 aliphatic heterocycles. The molecule has 7 nitrogen and oxygen atoms in total. The zero-order chi connectivity index (χ0) is 17.0. The fourth-order valence-electron chi connectivity index (χ4n) is 1.54. The van der Waals surface area contributed by atoms with Crippen molar-refractivity contribution in [1.29, 1.82) is 0 Å². The summed E-state index contributed by atoms with van der Waals surface area (Å²) in [5, 5.41) is 25.5. The van der Waals surface area contributed by atoms with Crippen LogP contribution in [-0.4, -0.2) is 72.6 Å². The predicted octanol–water partition coefficient (Wildman–Crippen LogP) is -0.158. The van der Waals surface area contributed by atoms with Crippen LogP contribution < -0.4 is 0 Å². The lowest BCUT2D eigenvalue weighted by atomic mass is 10.2. The Bertz CT molecular complexity index is 500. The predicted molar refractivity (Wildman–Crippen MR) is 84.0 cm³/mol. The van der Waals surface area contributed by atoms with Gasteiger partial charge in [-0.05, 0) is 17.7 Å². The Kier molecular flexibility index (Phi) is 10.6. The average Bonchev–Trinajstić information content (AvgIpc) is 2.48. The summed E-state index contributed by atoms with van der Waals surface area (Å²) < 4.78 is 29.7. The summed E-state index contributed by atoms with van der Waals surface area (Å²) in [7, 11) is -4.06. The van der Waals surface area contributed by atoms with Crippen LogP contribution in [0.4, 0.5) is 0 Å². The summed E-state index contributed by atoms with van der Waals surface area (Å²) in [6, 6.07) is 5.78. The van der Waals surface area contributed by atoms with Gasteiger partial charge in [0.05, 0.1) is 24.7 Å². The molecule has 0 saturated heterocycles. The normalized spacial score (nSPS) is 11.0. The summed E-state index contributed by atoms with van der Waals surface area (Å²) in [4.78, 5) is 1.69. The molecule has 0 heterocycles. The minimum Gasteiger partial charge on any atom is -0.395 e. The molecular formula is C14H23NO6S. The number of hydrogen-bond acceptors (Lipinski definition) is 6. The lowest BCUT2D eigenvalue weighted by Gasteiger charge is -2.17. The highest BCUT2D eigenvalue weighted by atomic mass is 32.2. The smallest absolute Gasteiger partial charge is 0.294 e. The standard InChI is InChI=1S/C8H8O3S.C6H15NO3/c1-2-7-3-5-8(6-4-7)12(9,10)11;8-4-1-7(2-5-9)3-6-10/h2-6H,1H2,(H,9,10,11);8-10H,1-6H2. The highest BCUT2D eigenvalue weighted by molar-refractivity contribution is 7.85. The fraction of sp³-hybridized carbons (Fsp3) is 0.429. The van der Waals surface area contributed by atoms with Gasteiger partial charge >= 0.3 is 0 Å². The van der Waals surface area contributed by atoms with E-state index in [-0.39, 0.29) is 24.7 Å². The monoisotopic (exact) mass is 333 g/mol. The zero-order valence-corrected chi connectivity index (χ0v) is 13.1. The number of benzene rings is 1. The number of rotatable bonds is 8. The third kappa shape index (κ3) is 8.88. The van der Waals surface area contributed by atoms with E-state index in [1.165, 1.54) is 12.1 Å². The van der Waals surface area contributed by atoms with Gasteiger partial charge in [0.25, 0.3) is 10.1 Å². The number of nitrogens with zero attached hydrogens (tertiary/aromatic N) is 1. The molecule has 1 aromatic carbocycles. The van der Waals surface area contributed by atoms with Crippen molar-refractivity contribution >= 4 is 16.2 Å². The molecule has 0 amide bonds. The summed E-state index contributed by atoms with van der Waals surface area (Å²) in [5.41, 5.74) is 0.808. The number of aliphatic hydroxyl groups excluding tert-OH is 3. The molecule has 1 aromatic rings. The van der Waals surface area contributed by atoms with Crippen molar-refractivity contribution < 1.29 is 28.3 Å². The van der Waals surface area contributed by atoms with Gasteiger partial charge in [0.15, 0.2) is 0 Å². The van der Waals surface area contributed by atoms with Crippen molar-refractivity contribution in [3.63, 3.8) is 0 Å². The van der Waals surface area contributed by atoms with Crippen LogP contribution >= 0.6 is 0 Å². The van der Waals surface area contributed by atoms with E-state index in [4.69, 9.17) is 19.9 Å². The van der Waals surface area contributed by atoms with Gasteiger partial charge in [-0.3, -0.25) is 9.45 Å². The highest BCUT2D eigenvalue weighted by Gasteiger charge is 2.07. The molecule has 0 radical (unpaired) electrons. The van der Waals surface area contributed by atoms with E-state index in [0.29, 0.717) is 19.6 Å². The van der Waals surface area contributed by atoms with Crippen LogP contribution in [0, 0.1) is 0 Å². The molecule has 0 aromatic heterocycles. The molecule has 1 rings (SSSR count). The average molecular weight is 333 g/mol. The van der Waals surface area contributed by atoms with Crippen LogP contribution in [0.15, 0.2) is 35.7 Å². The van der Waals surface area contributed by atoms with Crippen LogP contribution in [0.2, 0.25) is 0 Å². The minimum absolute atomic E-state index is 0.0694. The second kappa shape index (κ2) is 11.3.